The van der Waals surface area contributed by atoms with Crippen molar-refractivity contribution in [2.75, 3.05) is 7.11 Å². The van der Waals surface area contributed by atoms with Crippen LogP contribution in [-0.4, -0.2) is 20.5 Å². The summed E-state index contributed by atoms with van der Waals surface area (Å²) in [5.41, 5.74) is 0.699. The third-order valence-electron chi connectivity index (χ3n) is 2.87. The number of hydrogen-bond donors (Lipinski definition) is 0. The van der Waals surface area contributed by atoms with Gasteiger partial charge in [0.1, 0.15) is 5.75 Å². The number of methoxy groups -OCH3 is 1. The smallest absolute Gasteiger partial charge is 0.233 e. The van der Waals surface area contributed by atoms with Gasteiger partial charge in [-0.2, -0.15) is 0 Å². The van der Waals surface area contributed by atoms with Crippen molar-refractivity contribution in [3.05, 3.63) is 48.5 Å². The van der Waals surface area contributed by atoms with Crippen LogP contribution in [0.15, 0.2) is 57.8 Å². The van der Waals surface area contributed by atoms with Crippen molar-refractivity contribution in [3.8, 4) is 5.75 Å². The molecule has 0 radical (unpaired) electrons. The Morgan fingerprint density at radius 2 is 1.75 bits per heavy atom. The van der Waals surface area contributed by atoms with Gasteiger partial charge >= 0.3 is 0 Å². The van der Waals surface area contributed by atoms with E-state index in [1.54, 1.807) is 18.2 Å². The number of ether oxygens (including phenoxy) is 1. The zero-order valence-electron chi connectivity index (χ0n) is 10.6. The molecule has 0 aliphatic heterocycles. The highest BCUT2D eigenvalue weighted by Gasteiger charge is 2.22. The van der Waals surface area contributed by atoms with Gasteiger partial charge in [0, 0.05) is 0 Å². The third-order valence-corrected chi connectivity index (χ3v) is 6.06. The Hall–Kier alpha value is -1.92. The maximum atomic E-state index is 12.5. The fraction of sp³-hybridized carbons (Fsp3) is 0.0714. The summed E-state index contributed by atoms with van der Waals surface area (Å²) in [7, 11) is -2.04. The predicted octanol–water partition coefficient (Wildman–Crippen LogP) is 3.14. The van der Waals surface area contributed by atoms with Crippen LogP contribution < -0.4 is 4.74 Å². The summed E-state index contributed by atoms with van der Waals surface area (Å²) in [6.07, 6.45) is 0. The highest BCUT2D eigenvalue weighted by Crippen LogP contribution is 2.30. The molecule has 6 heteroatoms. The molecule has 0 fully saturated rings. The van der Waals surface area contributed by atoms with Gasteiger partial charge in [-0.3, -0.25) is 0 Å². The van der Waals surface area contributed by atoms with E-state index in [0.29, 0.717) is 11.3 Å². The number of aromatic nitrogens is 1. The van der Waals surface area contributed by atoms with E-state index in [4.69, 9.17) is 4.74 Å². The first-order chi connectivity index (χ1) is 9.61. The van der Waals surface area contributed by atoms with Crippen LogP contribution in [-0.2, 0) is 9.84 Å². The minimum atomic E-state index is -3.57. The van der Waals surface area contributed by atoms with Crippen molar-refractivity contribution < 1.29 is 13.2 Å². The van der Waals surface area contributed by atoms with E-state index in [-0.39, 0.29) is 9.24 Å². The van der Waals surface area contributed by atoms with Crippen molar-refractivity contribution in [1.29, 1.82) is 0 Å². The minimum Gasteiger partial charge on any atom is -0.497 e. The summed E-state index contributed by atoms with van der Waals surface area (Å²) in [4.78, 5) is 4.42. The van der Waals surface area contributed by atoms with Crippen LogP contribution in [0.5, 0.6) is 5.75 Å². The Bertz CT molecular complexity index is 819. The number of thiazole rings is 1. The fourth-order valence-corrected chi connectivity index (χ4v) is 4.43. The number of nitrogens with zero attached hydrogens (tertiary/aromatic N) is 1. The summed E-state index contributed by atoms with van der Waals surface area (Å²) in [6, 6.07) is 13.7. The van der Waals surface area contributed by atoms with Gasteiger partial charge in [-0.25, -0.2) is 13.4 Å². The average Bonchev–Trinajstić information content (AvgIpc) is 2.92. The van der Waals surface area contributed by atoms with Gasteiger partial charge in [0.05, 0.1) is 22.2 Å². The number of para-hydroxylation sites is 1. The van der Waals surface area contributed by atoms with Gasteiger partial charge in [-0.05, 0) is 36.4 Å². The molecule has 0 aliphatic rings. The normalized spacial score (nSPS) is 11.7. The van der Waals surface area contributed by atoms with Gasteiger partial charge in [0.15, 0.2) is 0 Å². The van der Waals surface area contributed by atoms with E-state index in [1.165, 1.54) is 30.6 Å². The van der Waals surface area contributed by atoms with Crippen molar-refractivity contribution >= 4 is 31.4 Å². The standard InChI is InChI=1S/C14H11NO3S2/c1-18-10-6-8-11(9-7-10)20(16,17)14-15-12-4-2-3-5-13(12)19-14/h2-9H,1H3. The van der Waals surface area contributed by atoms with Crippen LogP contribution in [0.25, 0.3) is 10.2 Å². The van der Waals surface area contributed by atoms with E-state index < -0.39 is 9.84 Å². The number of hydrogen-bond acceptors (Lipinski definition) is 5. The first-order valence-corrected chi connectivity index (χ1v) is 8.16. The lowest BCUT2D eigenvalue weighted by molar-refractivity contribution is 0.414. The van der Waals surface area contributed by atoms with Gasteiger partial charge in [-0.15, -0.1) is 11.3 Å². The molecule has 2 aromatic carbocycles. The Morgan fingerprint density at radius 1 is 1.05 bits per heavy atom. The van der Waals surface area contributed by atoms with E-state index in [2.05, 4.69) is 4.98 Å². The lowest BCUT2D eigenvalue weighted by Gasteiger charge is -2.02. The van der Waals surface area contributed by atoms with Crippen LogP contribution in [0.3, 0.4) is 0 Å². The highest BCUT2D eigenvalue weighted by molar-refractivity contribution is 7.93. The SMILES string of the molecule is COc1ccc(S(=O)(=O)c2nc3ccccc3s2)cc1. The molecule has 20 heavy (non-hydrogen) atoms. The van der Waals surface area contributed by atoms with E-state index in [0.717, 1.165) is 4.70 Å². The van der Waals surface area contributed by atoms with Crippen LogP contribution in [0, 0.1) is 0 Å². The number of benzene rings is 2. The zero-order valence-corrected chi connectivity index (χ0v) is 12.2. The largest absolute Gasteiger partial charge is 0.497 e. The highest BCUT2D eigenvalue weighted by atomic mass is 32.2. The van der Waals surface area contributed by atoms with Gasteiger partial charge in [0.25, 0.3) is 0 Å². The van der Waals surface area contributed by atoms with Gasteiger partial charge < -0.3 is 4.74 Å². The monoisotopic (exact) mass is 305 g/mol. The lowest BCUT2D eigenvalue weighted by Crippen LogP contribution is -2.01. The molecule has 0 bridgehead atoms. The molecule has 0 amide bonds. The van der Waals surface area contributed by atoms with Crippen LogP contribution >= 0.6 is 11.3 Å². The molecule has 0 aliphatic carbocycles. The molecular formula is C14H11NO3S2. The fourth-order valence-electron chi connectivity index (χ4n) is 1.82. The van der Waals surface area contributed by atoms with E-state index in [9.17, 15) is 8.42 Å². The molecule has 102 valence electrons. The Kier molecular flexibility index (Phi) is 3.19. The number of rotatable bonds is 3. The second kappa shape index (κ2) is 4.88. The second-order valence-corrected chi connectivity index (χ2v) is 7.28. The maximum absolute atomic E-state index is 12.5. The Balaban J connectivity index is 2.10. The van der Waals surface area contributed by atoms with Crippen molar-refractivity contribution in [1.82, 2.24) is 4.98 Å². The van der Waals surface area contributed by atoms with E-state index in [1.807, 2.05) is 18.2 Å². The maximum Gasteiger partial charge on any atom is 0.233 e. The van der Waals surface area contributed by atoms with Crippen molar-refractivity contribution in [2.24, 2.45) is 0 Å². The molecule has 1 heterocycles. The van der Waals surface area contributed by atoms with Gasteiger partial charge in [-0.1, -0.05) is 12.1 Å². The molecule has 4 nitrogen and oxygen atoms in total. The molecule has 0 atom stereocenters. The number of fused-ring (bicyclic) bond motifs is 1. The lowest BCUT2D eigenvalue weighted by atomic mass is 10.3. The quantitative estimate of drug-likeness (QED) is 0.746. The van der Waals surface area contributed by atoms with Crippen LogP contribution in [0.2, 0.25) is 0 Å². The second-order valence-electron chi connectivity index (χ2n) is 4.13. The summed E-state index contributed by atoms with van der Waals surface area (Å²) in [5, 5.41) is 0. The molecule has 0 saturated carbocycles. The topological polar surface area (TPSA) is 56.3 Å². The Morgan fingerprint density at radius 3 is 2.40 bits per heavy atom. The predicted molar refractivity (Wildman–Crippen MR) is 78.1 cm³/mol. The summed E-state index contributed by atoms with van der Waals surface area (Å²) in [5.74, 6) is 0.619. The van der Waals surface area contributed by atoms with Crippen LogP contribution in [0.1, 0.15) is 0 Å². The Labute approximate surface area is 120 Å². The first-order valence-electron chi connectivity index (χ1n) is 5.86. The number of sulfone groups is 1. The minimum absolute atomic E-state index is 0.115. The molecule has 0 N–H and O–H groups in total. The average molecular weight is 305 g/mol. The molecule has 0 saturated heterocycles. The van der Waals surface area contributed by atoms with Crippen LogP contribution in [0.4, 0.5) is 0 Å². The molecule has 1 aromatic heterocycles. The zero-order chi connectivity index (χ0) is 14.2. The van der Waals surface area contributed by atoms with Gasteiger partial charge in [0.2, 0.25) is 14.2 Å². The van der Waals surface area contributed by atoms with Crippen molar-refractivity contribution in [3.63, 3.8) is 0 Å². The summed E-state index contributed by atoms with van der Waals surface area (Å²) < 4.78 is 31.0. The summed E-state index contributed by atoms with van der Waals surface area (Å²) >= 11 is 1.18. The van der Waals surface area contributed by atoms with E-state index >= 15 is 0 Å². The first kappa shape index (κ1) is 13.1. The molecule has 3 aromatic rings. The molecule has 0 unspecified atom stereocenters. The third kappa shape index (κ3) is 2.17. The molecular weight excluding hydrogens is 294 g/mol. The van der Waals surface area contributed by atoms with Crippen molar-refractivity contribution in [2.45, 2.75) is 9.24 Å². The summed E-state index contributed by atoms with van der Waals surface area (Å²) in [6.45, 7) is 0. The molecule has 0 spiro atoms. The molecule has 3 rings (SSSR count).